The van der Waals surface area contributed by atoms with Crippen molar-refractivity contribution in [3.05, 3.63) is 66.1 Å². The summed E-state index contributed by atoms with van der Waals surface area (Å²) in [5.41, 5.74) is 2.47. The van der Waals surface area contributed by atoms with E-state index in [0.717, 1.165) is 0 Å². The van der Waals surface area contributed by atoms with Crippen molar-refractivity contribution in [3.8, 4) is 5.82 Å². The molecule has 0 unspecified atom stereocenters. The second-order valence-electron chi connectivity index (χ2n) is 5.46. The molecule has 0 aliphatic rings. The standard InChI is InChI=1S/C18H17N5O2/c1-12-16(11-20-23(12)17-5-3-4-10-19-17)18(25)22-15-8-6-14(7-9-15)21-13(2)24/h3-11H,1-2H3,(H,21,24)(H,22,25). The predicted octanol–water partition coefficient (Wildman–Crippen LogP) is 2.79. The smallest absolute Gasteiger partial charge is 0.259 e. The van der Waals surface area contributed by atoms with Gasteiger partial charge in [0.25, 0.3) is 5.91 Å². The Morgan fingerprint density at radius 2 is 1.68 bits per heavy atom. The maximum absolute atomic E-state index is 12.5. The maximum Gasteiger partial charge on any atom is 0.259 e. The van der Waals surface area contributed by atoms with Crippen LogP contribution in [0.3, 0.4) is 0 Å². The van der Waals surface area contributed by atoms with Gasteiger partial charge >= 0.3 is 0 Å². The van der Waals surface area contributed by atoms with Crippen LogP contribution < -0.4 is 10.6 Å². The summed E-state index contributed by atoms with van der Waals surface area (Å²) in [5, 5.41) is 9.74. The van der Waals surface area contributed by atoms with Crippen molar-refractivity contribution in [3.63, 3.8) is 0 Å². The second kappa shape index (κ2) is 6.96. The lowest BCUT2D eigenvalue weighted by atomic mass is 10.2. The van der Waals surface area contributed by atoms with Gasteiger partial charge in [0, 0.05) is 24.5 Å². The number of benzene rings is 1. The normalized spacial score (nSPS) is 10.3. The molecule has 1 aromatic carbocycles. The quantitative estimate of drug-likeness (QED) is 0.767. The Labute approximate surface area is 144 Å². The fraction of sp³-hybridized carbons (Fsp3) is 0.111. The number of amides is 2. The minimum absolute atomic E-state index is 0.144. The van der Waals surface area contributed by atoms with Gasteiger partial charge in [-0.2, -0.15) is 5.10 Å². The average Bonchev–Trinajstić information content (AvgIpc) is 2.98. The minimum Gasteiger partial charge on any atom is -0.326 e. The van der Waals surface area contributed by atoms with Crippen LogP contribution in [0.5, 0.6) is 0 Å². The first-order chi connectivity index (χ1) is 12.0. The average molecular weight is 335 g/mol. The Morgan fingerprint density at radius 1 is 1.00 bits per heavy atom. The predicted molar refractivity (Wildman–Crippen MR) is 94.8 cm³/mol. The van der Waals surface area contributed by atoms with E-state index >= 15 is 0 Å². The number of nitrogens with zero attached hydrogens (tertiary/aromatic N) is 3. The molecule has 2 N–H and O–H groups in total. The molecular formula is C18H17N5O2. The fourth-order valence-electron chi connectivity index (χ4n) is 2.38. The van der Waals surface area contributed by atoms with Crippen LogP contribution in [0.2, 0.25) is 0 Å². The molecule has 0 bridgehead atoms. The number of rotatable bonds is 4. The molecule has 3 rings (SSSR count). The maximum atomic E-state index is 12.5. The zero-order chi connectivity index (χ0) is 17.8. The molecule has 0 fully saturated rings. The highest BCUT2D eigenvalue weighted by atomic mass is 16.2. The van der Waals surface area contributed by atoms with Crippen LogP contribution in [0.4, 0.5) is 11.4 Å². The molecular weight excluding hydrogens is 318 g/mol. The van der Waals surface area contributed by atoms with Crippen LogP contribution in [0.25, 0.3) is 5.82 Å². The fourth-order valence-corrected chi connectivity index (χ4v) is 2.38. The molecule has 0 aliphatic heterocycles. The molecule has 0 saturated heterocycles. The minimum atomic E-state index is -0.257. The third-order valence-corrected chi connectivity index (χ3v) is 3.58. The number of carbonyl (C=O) groups is 2. The summed E-state index contributed by atoms with van der Waals surface area (Å²) in [7, 11) is 0. The van der Waals surface area contributed by atoms with Crippen molar-refractivity contribution >= 4 is 23.2 Å². The number of carbonyl (C=O) groups excluding carboxylic acids is 2. The lowest BCUT2D eigenvalue weighted by Gasteiger charge is -2.07. The molecule has 2 heterocycles. The highest BCUT2D eigenvalue weighted by Crippen LogP contribution is 2.17. The van der Waals surface area contributed by atoms with Gasteiger partial charge in [-0.3, -0.25) is 9.59 Å². The third kappa shape index (κ3) is 3.72. The summed E-state index contributed by atoms with van der Waals surface area (Å²) in [5.74, 6) is 0.250. The number of hydrogen-bond donors (Lipinski definition) is 2. The summed E-state index contributed by atoms with van der Waals surface area (Å²) < 4.78 is 1.62. The Bertz CT molecular complexity index is 901. The van der Waals surface area contributed by atoms with Gasteiger partial charge in [0.15, 0.2) is 5.82 Å². The molecule has 3 aromatic rings. The summed E-state index contributed by atoms with van der Waals surface area (Å²) in [4.78, 5) is 27.7. The number of anilines is 2. The van der Waals surface area contributed by atoms with Gasteiger partial charge in [0.05, 0.1) is 17.5 Å². The molecule has 0 saturated carbocycles. The largest absolute Gasteiger partial charge is 0.326 e. The first-order valence-corrected chi connectivity index (χ1v) is 7.69. The number of hydrogen-bond acceptors (Lipinski definition) is 4. The van der Waals surface area contributed by atoms with E-state index in [1.165, 1.54) is 13.1 Å². The highest BCUT2D eigenvalue weighted by molar-refractivity contribution is 6.05. The first kappa shape index (κ1) is 16.4. The molecule has 2 amide bonds. The molecule has 0 spiro atoms. The van der Waals surface area contributed by atoms with E-state index in [4.69, 9.17) is 0 Å². The van der Waals surface area contributed by atoms with Crippen LogP contribution in [0.1, 0.15) is 23.0 Å². The van der Waals surface area contributed by atoms with Crippen molar-refractivity contribution in [2.75, 3.05) is 10.6 Å². The SMILES string of the molecule is CC(=O)Nc1ccc(NC(=O)c2cnn(-c3ccccn3)c2C)cc1. The zero-order valence-corrected chi connectivity index (χ0v) is 13.9. The Kier molecular flexibility index (Phi) is 4.56. The van der Waals surface area contributed by atoms with Crippen molar-refractivity contribution in [1.29, 1.82) is 0 Å². The summed E-state index contributed by atoms with van der Waals surface area (Å²) in [6.07, 6.45) is 3.19. The molecule has 0 atom stereocenters. The summed E-state index contributed by atoms with van der Waals surface area (Å²) in [6.45, 7) is 3.26. The number of nitrogens with one attached hydrogen (secondary N) is 2. The van der Waals surface area contributed by atoms with Gasteiger partial charge in [-0.05, 0) is 43.3 Å². The van der Waals surface area contributed by atoms with Crippen molar-refractivity contribution in [2.45, 2.75) is 13.8 Å². The molecule has 7 heteroatoms. The summed E-state index contributed by atoms with van der Waals surface area (Å²) >= 11 is 0. The third-order valence-electron chi connectivity index (χ3n) is 3.58. The van der Waals surface area contributed by atoms with Gasteiger partial charge in [0.2, 0.25) is 5.91 Å². The van der Waals surface area contributed by atoms with Crippen LogP contribution in [0.15, 0.2) is 54.9 Å². The van der Waals surface area contributed by atoms with Gasteiger partial charge < -0.3 is 10.6 Å². The van der Waals surface area contributed by atoms with Crippen LogP contribution in [0, 0.1) is 6.92 Å². The van der Waals surface area contributed by atoms with E-state index in [2.05, 4.69) is 20.7 Å². The van der Waals surface area contributed by atoms with E-state index in [1.54, 1.807) is 35.1 Å². The lowest BCUT2D eigenvalue weighted by Crippen LogP contribution is -2.13. The topological polar surface area (TPSA) is 88.9 Å². The Balaban J connectivity index is 1.76. The highest BCUT2D eigenvalue weighted by Gasteiger charge is 2.15. The lowest BCUT2D eigenvalue weighted by molar-refractivity contribution is -0.114. The molecule has 126 valence electrons. The number of pyridine rings is 1. The summed E-state index contributed by atoms with van der Waals surface area (Å²) in [6, 6.07) is 12.4. The van der Waals surface area contributed by atoms with Gasteiger partial charge in [-0.25, -0.2) is 9.67 Å². The van der Waals surface area contributed by atoms with E-state index in [9.17, 15) is 9.59 Å². The first-order valence-electron chi connectivity index (χ1n) is 7.69. The van der Waals surface area contributed by atoms with Gasteiger partial charge in [-0.15, -0.1) is 0 Å². The van der Waals surface area contributed by atoms with E-state index in [1.807, 2.05) is 25.1 Å². The monoisotopic (exact) mass is 335 g/mol. The molecule has 7 nitrogen and oxygen atoms in total. The van der Waals surface area contributed by atoms with Crippen molar-refractivity contribution in [2.24, 2.45) is 0 Å². The van der Waals surface area contributed by atoms with E-state index in [-0.39, 0.29) is 11.8 Å². The van der Waals surface area contributed by atoms with Gasteiger partial charge in [0.1, 0.15) is 0 Å². The van der Waals surface area contributed by atoms with Crippen LogP contribution >= 0.6 is 0 Å². The van der Waals surface area contributed by atoms with E-state index < -0.39 is 0 Å². The van der Waals surface area contributed by atoms with Crippen molar-refractivity contribution in [1.82, 2.24) is 14.8 Å². The Hall–Kier alpha value is -3.48. The van der Waals surface area contributed by atoms with Crippen LogP contribution in [-0.4, -0.2) is 26.6 Å². The molecule has 0 aliphatic carbocycles. The molecule has 2 aromatic heterocycles. The number of aromatic nitrogens is 3. The van der Waals surface area contributed by atoms with E-state index in [0.29, 0.717) is 28.5 Å². The molecule has 0 radical (unpaired) electrons. The van der Waals surface area contributed by atoms with Crippen LogP contribution in [-0.2, 0) is 4.79 Å². The van der Waals surface area contributed by atoms with Crippen molar-refractivity contribution < 1.29 is 9.59 Å². The van der Waals surface area contributed by atoms with Gasteiger partial charge in [-0.1, -0.05) is 6.07 Å². The zero-order valence-electron chi connectivity index (χ0n) is 13.9. The second-order valence-corrected chi connectivity index (χ2v) is 5.46. The molecule has 25 heavy (non-hydrogen) atoms. The Morgan fingerprint density at radius 3 is 2.28 bits per heavy atom.